The molecule has 1 aromatic rings. The van der Waals surface area contributed by atoms with Gasteiger partial charge < -0.3 is 5.11 Å². The zero-order chi connectivity index (χ0) is 13.1. The lowest BCUT2D eigenvalue weighted by molar-refractivity contribution is -0.161. The maximum Gasteiger partial charge on any atom is 0.368 e. The summed E-state index contributed by atoms with van der Waals surface area (Å²) in [5.41, 5.74) is 0.0888. The predicted octanol–water partition coefficient (Wildman–Crippen LogP) is 3.06. The van der Waals surface area contributed by atoms with Gasteiger partial charge in [0.05, 0.1) is 0 Å². The molecule has 0 aliphatic rings. The van der Waals surface area contributed by atoms with Gasteiger partial charge in [0.1, 0.15) is 5.76 Å². The summed E-state index contributed by atoms with van der Waals surface area (Å²) in [4.78, 5) is 10.8. The minimum absolute atomic E-state index is 0.0888. The van der Waals surface area contributed by atoms with Crippen LogP contribution in [-0.2, 0) is 4.79 Å². The molecule has 0 radical (unpaired) electrons. The SMILES string of the molecule is O=C(/C=C(\O)c1ccccc1)C(F)(F)C(F)F. The molecule has 0 saturated carbocycles. The molecule has 1 rings (SSSR count). The molecule has 6 heteroatoms. The van der Waals surface area contributed by atoms with E-state index in [0.29, 0.717) is 0 Å². The van der Waals surface area contributed by atoms with Crippen LogP contribution < -0.4 is 0 Å². The Morgan fingerprint density at radius 3 is 2.24 bits per heavy atom. The van der Waals surface area contributed by atoms with E-state index in [9.17, 15) is 27.5 Å². The molecule has 1 N–H and O–H groups in total. The number of carbonyl (C=O) groups excluding carboxylic acids is 1. The lowest BCUT2D eigenvalue weighted by atomic mass is 10.1. The molecule has 0 fully saturated rings. The minimum Gasteiger partial charge on any atom is -0.507 e. The highest BCUT2D eigenvalue weighted by molar-refractivity contribution is 6.00. The molecule has 92 valence electrons. The number of ketones is 1. The van der Waals surface area contributed by atoms with Gasteiger partial charge in [-0.25, -0.2) is 8.78 Å². The van der Waals surface area contributed by atoms with Crippen LogP contribution in [0.5, 0.6) is 0 Å². The second-order valence-electron chi connectivity index (χ2n) is 3.18. The lowest BCUT2D eigenvalue weighted by Crippen LogP contribution is -2.35. The molecule has 0 bridgehead atoms. The van der Waals surface area contributed by atoms with E-state index in [1.165, 1.54) is 24.3 Å². The standard InChI is InChI=1S/C11H8F4O2/c12-10(13)11(14,15)9(17)6-8(16)7-4-2-1-3-5-7/h1-6,10,16H/b8-6-. The topological polar surface area (TPSA) is 37.3 Å². The fourth-order valence-electron chi connectivity index (χ4n) is 1.02. The van der Waals surface area contributed by atoms with E-state index in [1.54, 1.807) is 6.07 Å². The van der Waals surface area contributed by atoms with Crippen LogP contribution in [0.15, 0.2) is 36.4 Å². The number of benzene rings is 1. The molecule has 0 atom stereocenters. The first-order valence-corrected chi connectivity index (χ1v) is 4.52. The van der Waals surface area contributed by atoms with E-state index in [2.05, 4.69) is 0 Å². The van der Waals surface area contributed by atoms with Crippen LogP contribution in [0.3, 0.4) is 0 Å². The van der Waals surface area contributed by atoms with E-state index < -0.39 is 23.9 Å². The molecule has 2 nitrogen and oxygen atoms in total. The van der Waals surface area contributed by atoms with Crippen molar-refractivity contribution in [3.63, 3.8) is 0 Å². The van der Waals surface area contributed by atoms with Crippen LogP contribution in [0.2, 0.25) is 0 Å². The second kappa shape index (κ2) is 4.99. The number of allylic oxidation sites excluding steroid dienone is 1. The average Bonchev–Trinajstić information content (AvgIpc) is 2.29. The monoisotopic (exact) mass is 248 g/mol. The van der Waals surface area contributed by atoms with E-state index in [-0.39, 0.29) is 11.6 Å². The van der Waals surface area contributed by atoms with E-state index in [0.717, 1.165) is 0 Å². The summed E-state index contributed by atoms with van der Waals surface area (Å²) >= 11 is 0. The van der Waals surface area contributed by atoms with Crippen LogP contribution in [0, 0.1) is 0 Å². The van der Waals surface area contributed by atoms with Gasteiger partial charge in [-0.2, -0.15) is 8.78 Å². The third-order valence-corrected chi connectivity index (χ3v) is 1.94. The lowest BCUT2D eigenvalue weighted by Gasteiger charge is -2.11. The van der Waals surface area contributed by atoms with E-state index in [4.69, 9.17) is 0 Å². The molecule has 0 amide bonds. The van der Waals surface area contributed by atoms with E-state index in [1.807, 2.05) is 0 Å². The normalized spacial score (nSPS) is 12.9. The molecule has 0 aromatic heterocycles. The first-order valence-electron chi connectivity index (χ1n) is 4.52. The van der Waals surface area contributed by atoms with Gasteiger partial charge in [0.2, 0.25) is 5.78 Å². The number of halogens is 4. The summed E-state index contributed by atoms with van der Waals surface area (Å²) in [5, 5.41) is 9.30. The Hall–Kier alpha value is -1.85. The van der Waals surface area contributed by atoms with Crippen molar-refractivity contribution in [2.75, 3.05) is 0 Å². The van der Waals surface area contributed by atoms with Gasteiger partial charge in [-0.3, -0.25) is 4.79 Å². The third-order valence-electron chi connectivity index (χ3n) is 1.94. The molecule has 0 unspecified atom stereocenters. The van der Waals surface area contributed by atoms with Crippen molar-refractivity contribution in [2.24, 2.45) is 0 Å². The second-order valence-corrected chi connectivity index (χ2v) is 3.18. The van der Waals surface area contributed by atoms with Crippen molar-refractivity contribution in [3.05, 3.63) is 42.0 Å². The van der Waals surface area contributed by atoms with Gasteiger partial charge in [-0.1, -0.05) is 30.3 Å². The molecule has 0 spiro atoms. The summed E-state index contributed by atoms with van der Waals surface area (Å²) in [7, 11) is 0. The Labute approximate surface area is 94.2 Å². The number of hydrogen-bond donors (Lipinski definition) is 1. The quantitative estimate of drug-likeness (QED) is 0.505. The van der Waals surface area contributed by atoms with Crippen molar-refractivity contribution < 1.29 is 27.5 Å². The summed E-state index contributed by atoms with van der Waals surface area (Å²) in [6.45, 7) is 0. The van der Waals surface area contributed by atoms with Crippen molar-refractivity contribution in [1.82, 2.24) is 0 Å². The largest absolute Gasteiger partial charge is 0.507 e. The molecule has 0 saturated heterocycles. The summed E-state index contributed by atoms with van der Waals surface area (Å²) in [6, 6.07) is 7.29. The highest BCUT2D eigenvalue weighted by atomic mass is 19.3. The minimum atomic E-state index is -4.79. The van der Waals surface area contributed by atoms with E-state index >= 15 is 0 Å². The molecular formula is C11H8F4O2. The van der Waals surface area contributed by atoms with Crippen molar-refractivity contribution in [1.29, 1.82) is 0 Å². The number of aliphatic hydroxyl groups excluding tert-OH is 1. The maximum atomic E-state index is 12.6. The summed E-state index contributed by atoms with van der Waals surface area (Å²) in [6.07, 6.45) is -4.00. The van der Waals surface area contributed by atoms with Crippen LogP contribution in [0.4, 0.5) is 17.6 Å². The van der Waals surface area contributed by atoms with Crippen LogP contribution >= 0.6 is 0 Å². The maximum absolute atomic E-state index is 12.6. The van der Waals surface area contributed by atoms with Gasteiger partial charge in [0.25, 0.3) is 0 Å². The van der Waals surface area contributed by atoms with Crippen LogP contribution in [-0.4, -0.2) is 23.2 Å². The Kier molecular flexibility index (Phi) is 3.88. The Bertz CT molecular complexity index is 426. The van der Waals surface area contributed by atoms with Crippen molar-refractivity contribution in [3.8, 4) is 0 Å². The summed E-state index contributed by atoms with van der Waals surface area (Å²) < 4.78 is 48.8. The Morgan fingerprint density at radius 2 is 1.76 bits per heavy atom. The van der Waals surface area contributed by atoms with Gasteiger partial charge in [-0.05, 0) is 0 Å². The van der Waals surface area contributed by atoms with Gasteiger partial charge in [0, 0.05) is 11.6 Å². The third kappa shape index (κ3) is 3.05. The Morgan fingerprint density at radius 1 is 1.24 bits per heavy atom. The Balaban J connectivity index is 2.94. The first kappa shape index (κ1) is 13.2. The molecule has 1 aromatic carbocycles. The van der Waals surface area contributed by atoms with Gasteiger partial charge >= 0.3 is 12.3 Å². The van der Waals surface area contributed by atoms with Crippen LogP contribution in [0.1, 0.15) is 5.56 Å². The highest BCUT2D eigenvalue weighted by Crippen LogP contribution is 2.25. The number of aliphatic hydroxyl groups is 1. The van der Waals surface area contributed by atoms with Crippen molar-refractivity contribution in [2.45, 2.75) is 12.3 Å². The predicted molar refractivity (Wildman–Crippen MR) is 53.0 cm³/mol. The highest BCUT2D eigenvalue weighted by Gasteiger charge is 2.47. The fraction of sp³-hybridized carbons (Fsp3) is 0.182. The number of alkyl halides is 4. The summed E-state index contributed by atoms with van der Waals surface area (Å²) in [5.74, 6) is -7.70. The number of carbonyl (C=O) groups is 1. The molecule has 17 heavy (non-hydrogen) atoms. The molecule has 0 aliphatic heterocycles. The molecule has 0 heterocycles. The molecular weight excluding hydrogens is 240 g/mol. The first-order chi connectivity index (χ1) is 7.85. The number of hydrogen-bond acceptors (Lipinski definition) is 2. The zero-order valence-electron chi connectivity index (χ0n) is 8.41. The van der Waals surface area contributed by atoms with Crippen LogP contribution in [0.25, 0.3) is 5.76 Å². The van der Waals surface area contributed by atoms with Gasteiger partial charge in [-0.15, -0.1) is 0 Å². The molecule has 0 aliphatic carbocycles. The fourth-order valence-corrected chi connectivity index (χ4v) is 1.02. The average molecular weight is 248 g/mol. The number of rotatable bonds is 4. The van der Waals surface area contributed by atoms with Crippen molar-refractivity contribution >= 4 is 11.5 Å². The smallest absolute Gasteiger partial charge is 0.368 e. The zero-order valence-corrected chi connectivity index (χ0v) is 8.41. The van der Waals surface area contributed by atoms with Gasteiger partial charge in [0.15, 0.2) is 0 Å².